The Hall–Kier alpha value is -0.340. The SMILES string of the molecule is CC(NS(=O)(=O)c1c(Cl)cc(Br)cc1Cl)C(C)C(=O)O. The molecule has 0 spiro atoms. The third-order valence-electron chi connectivity index (χ3n) is 2.71. The van der Waals surface area contributed by atoms with Gasteiger partial charge in [0.05, 0.1) is 16.0 Å². The molecule has 0 aliphatic heterocycles. The van der Waals surface area contributed by atoms with Gasteiger partial charge < -0.3 is 5.11 Å². The average Bonchev–Trinajstić information content (AvgIpc) is 2.24. The third kappa shape index (κ3) is 4.08. The van der Waals surface area contributed by atoms with Gasteiger partial charge in [0.15, 0.2) is 0 Å². The molecule has 0 aliphatic rings. The fourth-order valence-electron chi connectivity index (χ4n) is 1.41. The molecule has 0 saturated heterocycles. The molecule has 0 saturated carbocycles. The number of carbonyl (C=O) groups is 1. The van der Waals surface area contributed by atoms with Crippen molar-refractivity contribution in [3.8, 4) is 0 Å². The highest BCUT2D eigenvalue weighted by atomic mass is 79.9. The van der Waals surface area contributed by atoms with Gasteiger partial charge in [-0.2, -0.15) is 0 Å². The maximum absolute atomic E-state index is 12.2. The molecule has 0 fully saturated rings. The lowest BCUT2D eigenvalue weighted by atomic mass is 10.1. The predicted molar refractivity (Wildman–Crippen MR) is 80.7 cm³/mol. The normalized spacial score (nSPS) is 14.8. The Labute approximate surface area is 135 Å². The van der Waals surface area contributed by atoms with Gasteiger partial charge in [-0.25, -0.2) is 13.1 Å². The smallest absolute Gasteiger partial charge is 0.307 e. The van der Waals surface area contributed by atoms with Gasteiger partial charge in [-0.05, 0) is 19.1 Å². The van der Waals surface area contributed by atoms with E-state index in [2.05, 4.69) is 20.7 Å². The standard InChI is InChI=1S/C11H12BrCl2NO4S/c1-5(11(16)17)6(2)15-20(18,19)10-8(13)3-7(12)4-9(10)14/h3-6,15H,1-2H3,(H,16,17). The summed E-state index contributed by atoms with van der Waals surface area (Å²) in [7, 11) is -4.01. The Bertz CT molecular complexity index is 612. The molecular formula is C11H12BrCl2NO4S. The maximum atomic E-state index is 12.2. The van der Waals surface area contributed by atoms with E-state index in [9.17, 15) is 13.2 Å². The first kappa shape index (κ1) is 17.7. The Kier molecular flexibility index (Phi) is 5.86. The number of hydrogen-bond donors (Lipinski definition) is 2. The predicted octanol–water partition coefficient (Wildman–Crippen LogP) is 3.14. The Balaban J connectivity index is 3.16. The highest BCUT2D eigenvalue weighted by Crippen LogP contribution is 2.33. The van der Waals surface area contributed by atoms with Crippen molar-refractivity contribution < 1.29 is 18.3 Å². The van der Waals surface area contributed by atoms with Crippen LogP contribution >= 0.6 is 39.1 Å². The summed E-state index contributed by atoms with van der Waals surface area (Å²) in [5.41, 5.74) is 0. The van der Waals surface area contributed by atoms with Crippen LogP contribution in [-0.2, 0) is 14.8 Å². The summed E-state index contributed by atoms with van der Waals surface area (Å²) in [6.07, 6.45) is 0. The fraction of sp³-hybridized carbons (Fsp3) is 0.364. The molecule has 1 aromatic carbocycles. The average molecular weight is 405 g/mol. The van der Waals surface area contributed by atoms with Gasteiger partial charge in [-0.15, -0.1) is 0 Å². The van der Waals surface area contributed by atoms with E-state index in [-0.39, 0.29) is 14.9 Å². The minimum absolute atomic E-state index is 0.0490. The van der Waals surface area contributed by atoms with Crippen LogP contribution in [0.25, 0.3) is 0 Å². The first-order valence-corrected chi connectivity index (χ1v) is 8.49. The number of hydrogen-bond acceptors (Lipinski definition) is 3. The zero-order valence-corrected chi connectivity index (χ0v) is 14.4. The lowest BCUT2D eigenvalue weighted by molar-refractivity contribution is -0.141. The van der Waals surface area contributed by atoms with Crippen LogP contribution in [0.3, 0.4) is 0 Å². The van der Waals surface area contributed by atoms with Crippen molar-refractivity contribution in [2.24, 2.45) is 5.92 Å². The maximum Gasteiger partial charge on any atom is 0.307 e. The summed E-state index contributed by atoms with van der Waals surface area (Å²) < 4.78 is 27.3. The molecule has 0 bridgehead atoms. The molecule has 0 aliphatic carbocycles. The summed E-state index contributed by atoms with van der Waals surface area (Å²) >= 11 is 14.9. The number of aliphatic carboxylic acids is 1. The summed E-state index contributed by atoms with van der Waals surface area (Å²) in [6.45, 7) is 2.86. The molecule has 1 aromatic rings. The van der Waals surface area contributed by atoms with Crippen molar-refractivity contribution in [1.29, 1.82) is 0 Å². The first-order valence-electron chi connectivity index (χ1n) is 5.46. The molecule has 0 amide bonds. The van der Waals surface area contributed by atoms with Crippen LogP contribution in [-0.4, -0.2) is 25.5 Å². The van der Waals surface area contributed by atoms with E-state index in [0.29, 0.717) is 4.47 Å². The van der Waals surface area contributed by atoms with Crippen molar-refractivity contribution in [3.05, 3.63) is 26.7 Å². The molecule has 2 N–H and O–H groups in total. The highest BCUT2D eigenvalue weighted by Gasteiger charge is 2.28. The number of carboxylic acid groups (broad SMARTS) is 1. The summed E-state index contributed by atoms with van der Waals surface area (Å²) in [4.78, 5) is 10.6. The van der Waals surface area contributed by atoms with Gasteiger partial charge in [-0.1, -0.05) is 46.1 Å². The van der Waals surface area contributed by atoms with E-state index >= 15 is 0 Å². The number of benzene rings is 1. The van der Waals surface area contributed by atoms with Crippen LogP contribution in [0.5, 0.6) is 0 Å². The van der Waals surface area contributed by atoms with E-state index in [4.69, 9.17) is 28.3 Å². The number of carboxylic acids is 1. The van der Waals surface area contributed by atoms with E-state index in [1.165, 1.54) is 26.0 Å². The third-order valence-corrected chi connectivity index (χ3v) is 5.65. The topological polar surface area (TPSA) is 83.5 Å². The minimum atomic E-state index is -4.01. The molecule has 9 heteroatoms. The molecule has 5 nitrogen and oxygen atoms in total. The molecule has 0 aromatic heterocycles. The molecule has 0 radical (unpaired) electrons. The van der Waals surface area contributed by atoms with Gasteiger partial charge in [0, 0.05) is 10.5 Å². The largest absolute Gasteiger partial charge is 0.481 e. The number of nitrogens with one attached hydrogen (secondary N) is 1. The van der Waals surface area contributed by atoms with Gasteiger partial charge in [-0.3, -0.25) is 4.79 Å². The Morgan fingerprint density at radius 2 is 1.75 bits per heavy atom. The van der Waals surface area contributed by atoms with Crippen LogP contribution in [0, 0.1) is 5.92 Å². The zero-order chi connectivity index (χ0) is 15.7. The van der Waals surface area contributed by atoms with E-state index in [1.54, 1.807) is 0 Å². The van der Waals surface area contributed by atoms with Crippen LogP contribution in [0.4, 0.5) is 0 Å². The first-order chi connectivity index (χ1) is 9.06. The quantitative estimate of drug-likeness (QED) is 0.789. The Morgan fingerprint density at radius 1 is 1.30 bits per heavy atom. The number of rotatable bonds is 5. The molecular weight excluding hydrogens is 393 g/mol. The lowest BCUT2D eigenvalue weighted by Crippen LogP contribution is -2.40. The van der Waals surface area contributed by atoms with E-state index in [0.717, 1.165) is 0 Å². The number of halogens is 3. The monoisotopic (exact) mass is 403 g/mol. The molecule has 112 valence electrons. The van der Waals surface area contributed by atoms with Crippen LogP contribution in [0.2, 0.25) is 10.0 Å². The van der Waals surface area contributed by atoms with Crippen LogP contribution in [0.1, 0.15) is 13.8 Å². The summed E-state index contributed by atoms with van der Waals surface area (Å²) in [5, 5.41) is 8.77. The highest BCUT2D eigenvalue weighted by molar-refractivity contribution is 9.10. The van der Waals surface area contributed by atoms with Crippen molar-refractivity contribution in [3.63, 3.8) is 0 Å². The second kappa shape index (κ2) is 6.62. The zero-order valence-electron chi connectivity index (χ0n) is 10.5. The molecule has 2 unspecified atom stereocenters. The van der Waals surface area contributed by atoms with Gasteiger partial charge in [0.2, 0.25) is 10.0 Å². The van der Waals surface area contributed by atoms with Gasteiger partial charge >= 0.3 is 5.97 Å². The minimum Gasteiger partial charge on any atom is -0.481 e. The van der Waals surface area contributed by atoms with Crippen molar-refractivity contribution in [2.75, 3.05) is 0 Å². The van der Waals surface area contributed by atoms with Crippen LogP contribution in [0.15, 0.2) is 21.5 Å². The fourth-order valence-corrected chi connectivity index (χ4v) is 4.67. The molecule has 2 atom stereocenters. The summed E-state index contributed by atoms with van der Waals surface area (Å²) in [6, 6.07) is 1.98. The second-order valence-corrected chi connectivity index (χ2v) is 7.62. The van der Waals surface area contributed by atoms with E-state index < -0.39 is 28.0 Å². The summed E-state index contributed by atoms with van der Waals surface area (Å²) in [5.74, 6) is -1.99. The molecule has 0 heterocycles. The van der Waals surface area contributed by atoms with E-state index in [1.807, 2.05) is 0 Å². The Morgan fingerprint density at radius 3 is 2.15 bits per heavy atom. The van der Waals surface area contributed by atoms with Gasteiger partial charge in [0.25, 0.3) is 0 Å². The second-order valence-electron chi connectivity index (χ2n) is 4.24. The molecule has 20 heavy (non-hydrogen) atoms. The van der Waals surface area contributed by atoms with Crippen LogP contribution < -0.4 is 4.72 Å². The number of sulfonamides is 1. The van der Waals surface area contributed by atoms with Crippen molar-refractivity contribution in [1.82, 2.24) is 4.72 Å². The van der Waals surface area contributed by atoms with Gasteiger partial charge in [0.1, 0.15) is 4.90 Å². The van der Waals surface area contributed by atoms with Crippen molar-refractivity contribution in [2.45, 2.75) is 24.8 Å². The van der Waals surface area contributed by atoms with Crippen molar-refractivity contribution >= 4 is 55.1 Å². The molecule has 1 rings (SSSR count). The lowest BCUT2D eigenvalue weighted by Gasteiger charge is -2.19.